The molecule has 5 nitrogen and oxygen atoms in total. The Labute approximate surface area is 95.5 Å². The molecule has 90 valence electrons. The van der Waals surface area contributed by atoms with Crippen molar-refractivity contribution in [2.24, 2.45) is 7.05 Å². The number of aliphatic carboxylic acids is 1. The van der Waals surface area contributed by atoms with Gasteiger partial charge < -0.3 is 10.4 Å². The van der Waals surface area contributed by atoms with Crippen LogP contribution in [0.4, 0.5) is 0 Å². The number of nitrogens with one attached hydrogen (secondary N) is 1. The molecule has 0 aliphatic heterocycles. The molecule has 1 aromatic heterocycles. The number of hydrogen-bond donors (Lipinski definition) is 2. The summed E-state index contributed by atoms with van der Waals surface area (Å²) in [5, 5.41) is 16.5. The summed E-state index contributed by atoms with van der Waals surface area (Å²) in [5.74, 6) is -0.851. The topological polar surface area (TPSA) is 67.2 Å². The van der Waals surface area contributed by atoms with E-state index in [4.69, 9.17) is 0 Å². The first kappa shape index (κ1) is 12.7. The third-order valence-corrected chi connectivity index (χ3v) is 2.43. The highest BCUT2D eigenvalue weighted by atomic mass is 16.4. The van der Waals surface area contributed by atoms with Crippen LogP contribution in [0.25, 0.3) is 0 Å². The van der Waals surface area contributed by atoms with Gasteiger partial charge in [-0.1, -0.05) is 13.8 Å². The first-order chi connectivity index (χ1) is 7.60. The van der Waals surface area contributed by atoms with Crippen molar-refractivity contribution in [3.05, 3.63) is 17.5 Å². The van der Waals surface area contributed by atoms with E-state index in [1.807, 2.05) is 13.8 Å². The van der Waals surface area contributed by atoms with Crippen LogP contribution in [-0.2, 0) is 18.3 Å². The van der Waals surface area contributed by atoms with Crippen LogP contribution in [0.3, 0.4) is 0 Å². The van der Waals surface area contributed by atoms with Crippen LogP contribution in [-0.4, -0.2) is 27.4 Å². The Bertz CT molecular complexity index is 360. The molecule has 0 aromatic carbocycles. The molecule has 0 saturated heterocycles. The van der Waals surface area contributed by atoms with E-state index in [0.29, 0.717) is 6.54 Å². The minimum Gasteiger partial charge on any atom is -0.480 e. The van der Waals surface area contributed by atoms with Crippen molar-refractivity contribution in [2.75, 3.05) is 6.54 Å². The molecule has 16 heavy (non-hydrogen) atoms. The molecule has 1 atom stereocenters. The molecule has 1 aromatic rings. The van der Waals surface area contributed by atoms with Gasteiger partial charge in [-0.2, -0.15) is 5.10 Å². The zero-order chi connectivity index (χ0) is 12.1. The second kappa shape index (κ2) is 5.65. The maximum absolute atomic E-state index is 11.2. The number of carboxylic acid groups (broad SMARTS) is 1. The number of hydrogen-bond acceptors (Lipinski definition) is 3. The van der Waals surface area contributed by atoms with Crippen molar-refractivity contribution in [2.45, 2.75) is 32.7 Å². The Hall–Kier alpha value is -1.36. The molecule has 0 radical (unpaired) electrons. The summed E-state index contributed by atoms with van der Waals surface area (Å²) in [7, 11) is 1.81. The lowest BCUT2D eigenvalue weighted by atomic mass is 10.1. The van der Waals surface area contributed by atoms with E-state index in [2.05, 4.69) is 10.4 Å². The third kappa shape index (κ3) is 2.82. The van der Waals surface area contributed by atoms with Gasteiger partial charge in [0.2, 0.25) is 0 Å². The second-order valence-corrected chi connectivity index (χ2v) is 3.78. The molecule has 0 amide bonds. The minimum absolute atomic E-state index is 0.649. The van der Waals surface area contributed by atoms with Crippen LogP contribution in [0.5, 0.6) is 0 Å². The fourth-order valence-electron chi connectivity index (χ4n) is 1.69. The molecule has 1 unspecified atom stereocenters. The lowest BCUT2D eigenvalue weighted by Gasteiger charge is -2.13. The number of carbonyl (C=O) groups is 1. The Morgan fingerprint density at radius 2 is 2.31 bits per heavy atom. The predicted octanol–water partition coefficient (Wildman–Crippen LogP) is 1.11. The summed E-state index contributed by atoms with van der Waals surface area (Å²) in [5.41, 5.74) is 1.62. The van der Waals surface area contributed by atoms with Crippen LogP contribution < -0.4 is 5.32 Å². The highest BCUT2D eigenvalue weighted by molar-refractivity contribution is 5.75. The highest BCUT2D eigenvalue weighted by Gasteiger charge is 2.23. The van der Waals surface area contributed by atoms with Gasteiger partial charge in [0.05, 0.1) is 5.69 Å². The van der Waals surface area contributed by atoms with E-state index in [0.717, 1.165) is 24.1 Å². The van der Waals surface area contributed by atoms with E-state index in [9.17, 15) is 9.90 Å². The molecular formula is C11H19N3O2. The van der Waals surface area contributed by atoms with Gasteiger partial charge in [0.25, 0.3) is 0 Å². The Kier molecular flexibility index (Phi) is 4.49. The maximum Gasteiger partial charge on any atom is 0.325 e. The van der Waals surface area contributed by atoms with E-state index < -0.39 is 12.0 Å². The summed E-state index contributed by atoms with van der Waals surface area (Å²) in [6, 6.07) is -0.649. The summed E-state index contributed by atoms with van der Waals surface area (Å²) in [6.07, 6.45) is 3.43. The first-order valence-corrected chi connectivity index (χ1v) is 5.58. The fraction of sp³-hybridized carbons (Fsp3) is 0.636. The van der Waals surface area contributed by atoms with E-state index in [-0.39, 0.29) is 0 Å². The normalized spacial score (nSPS) is 12.7. The SMILES string of the molecule is CCCNC(C(=O)O)c1cn(C)nc1CC. The number of nitrogens with zero attached hydrogens (tertiary/aromatic N) is 2. The van der Waals surface area contributed by atoms with Crippen LogP contribution in [0.1, 0.15) is 37.6 Å². The minimum atomic E-state index is -0.851. The van der Waals surface area contributed by atoms with E-state index in [1.165, 1.54) is 0 Å². The Balaban J connectivity index is 2.95. The largest absolute Gasteiger partial charge is 0.480 e. The first-order valence-electron chi connectivity index (χ1n) is 5.58. The van der Waals surface area contributed by atoms with Crippen molar-refractivity contribution in [1.82, 2.24) is 15.1 Å². The van der Waals surface area contributed by atoms with Crippen molar-refractivity contribution in [3.63, 3.8) is 0 Å². The van der Waals surface area contributed by atoms with Gasteiger partial charge in [0, 0.05) is 18.8 Å². The zero-order valence-corrected chi connectivity index (χ0v) is 10.0. The van der Waals surface area contributed by atoms with Crippen molar-refractivity contribution >= 4 is 5.97 Å². The fourth-order valence-corrected chi connectivity index (χ4v) is 1.69. The van der Waals surface area contributed by atoms with Crippen LogP contribution in [0.2, 0.25) is 0 Å². The standard InChI is InChI=1S/C11H19N3O2/c1-4-6-12-10(11(15)16)8-7-14(3)13-9(8)5-2/h7,10,12H,4-6H2,1-3H3,(H,15,16). The monoisotopic (exact) mass is 225 g/mol. The molecule has 2 N–H and O–H groups in total. The van der Waals surface area contributed by atoms with Gasteiger partial charge in [0.1, 0.15) is 6.04 Å². The molecule has 0 aliphatic carbocycles. The maximum atomic E-state index is 11.2. The zero-order valence-electron chi connectivity index (χ0n) is 10.0. The molecule has 0 spiro atoms. The van der Waals surface area contributed by atoms with Crippen LogP contribution >= 0.6 is 0 Å². The number of rotatable bonds is 6. The van der Waals surface area contributed by atoms with Crippen molar-refractivity contribution in [3.8, 4) is 0 Å². The summed E-state index contributed by atoms with van der Waals surface area (Å²) >= 11 is 0. The number of aromatic nitrogens is 2. The lowest BCUT2D eigenvalue weighted by Crippen LogP contribution is -2.29. The molecule has 1 rings (SSSR count). The summed E-state index contributed by atoms with van der Waals surface area (Å²) in [6.45, 7) is 4.68. The van der Waals surface area contributed by atoms with Gasteiger partial charge in [-0.05, 0) is 19.4 Å². The lowest BCUT2D eigenvalue weighted by molar-refractivity contribution is -0.139. The molecule has 0 saturated carbocycles. The van der Waals surface area contributed by atoms with Crippen LogP contribution in [0.15, 0.2) is 6.20 Å². The molecule has 5 heteroatoms. The van der Waals surface area contributed by atoms with Crippen molar-refractivity contribution < 1.29 is 9.90 Å². The smallest absolute Gasteiger partial charge is 0.325 e. The van der Waals surface area contributed by atoms with Gasteiger partial charge in [-0.3, -0.25) is 9.48 Å². The predicted molar refractivity (Wildman–Crippen MR) is 61.3 cm³/mol. The molecule has 0 bridgehead atoms. The Morgan fingerprint density at radius 1 is 1.62 bits per heavy atom. The number of aryl methyl sites for hydroxylation is 2. The average Bonchev–Trinajstić information content (AvgIpc) is 2.60. The molecule has 0 aliphatic rings. The third-order valence-electron chi connectivity index (χ3n) is 2.43. The second-order valence-electron chi connectivity index (χ2n) is 3.78. The van der Waals surface area contributed by atoms with Crippen LogP contribution in [0, 0.1) is 0 Å². The van der Waals surface area contributed by atoms with Gasteiger partial charge in [-0.15, -0.1) is 0 Å². The number of carboxylic acids is 1. The molecular weight excluding hydrogens is 206 g/mol. The molecule has 0 fully saturated rings. The van der Waals surface area contributed by atoms with Gasteiger partial charge >= 0.3 is 5.97 Å². The average molecular weight is 225 g/mol. The summed E-state index contributed by atoms with van der Waals surface area (Å²) < 4.78 is 1.66. The van der Waals surface area contributed by atoms with E-state index >= 15 is 0 Å². The van der Waals surface area contributed by atoms with Crippen molar-refractivity contribution in [1.29, 1.82) is 0 Å². The van der Waals surface area contributed by atoms with Gasteiger partial charge in [-0.25, -0.2) is 0 Å². The van der Waals surface area contributed by atoms with Gasteiger partial charge in [0.15, 0.2) is 0 Å². The summed E-state index contributed by atoms with van der Waals surface area (Å²) in [4.78, 5) is 11.2. The Morgan fingerprint density at radius 3 is 2.81 bits per heavy atom. The van der Waals surface area contributed by atoms with E-state index in [1.54, 1.807) is 17.9 Å². The quantitative estimate of drug-likeness (QED) is 0.761. The highest BCUT2D eigenvalue weighted by Crippen LogP contribution is 2.17. The molecule has 1 heterocycles.